The van der Waals surface area contributed by atoms with Crippen molar-refractivity contribution in [2.75, 3.05) is 21.3 Å². The van der Waals surface area contributed by atoms with Gasteiger partial charge in [0.15, 0.2) is 17.1 Å². The van der Waals surface area contributed by atoms with Crippen molar-refractivity contribution in [3.05, 3.63) is 72.3 Å². The van der Waals surface area contributed by atoms with Crippen LogP contribution in [0, 0.1) is 0 Å². The predicted molar refractivity (Wildman–Crippen MR) is 116 cm³/mol. The summed E-state index contributed by atoms with van der Waals surface area (Å²) in [5, 5.41) is 2.89. The summed E-state index contributed by atoms with van der Waals surface area (Å²) < 4.78 is 17.6. The summed E-state index contributed by atoms with van der Waals surface area (Å²) in [7, 11) is 4.78. The third-order valence-corrected chi connectivity index (χ3v) is 4.87. The topological polar surface area (TPSA) is 87.0 Å². The average molecular weight is 418 g/mol. The molecule has 158 valence electrons. The third-order valence-electron chi connectivity index (χ3n) is 4.87. The van der Waals surface area contributed by atoms with E-state index in [4.69, 9.17) is 14.2 Å². The van der Waals surface area contributed by atoms with Gasteiger partial charge in [-0.3, -0.25) is 9.78 Å². The summed E-state index contributed by atoms with van der Waals surface area (Å²) in [5.41, 5.74) is 3.36. The van der Waals surface area contributed by atoms with Crippen LogP contribution in [0.25, 0.3) is 16.9 Å². The normalized spacial score (nSPS) is 10.7. The Bertz CT molecular complexity index is 1220. The number of carbonyl (C=O) groups is 1. The molecule has 2 heterocycles. The number of imidazole rings is 1. The van der Waals surface area contributed by atoms with Crippen LogP contribution >= 0.6 is 0 Å². The Kier molecular flexibility index (Phi) is 5.70. The fourth-order valence-electron chi connectivity index (χ4n) is 3.25. The number of fused-ring (bicyclic) bond motifs is 1. The van der Waals surface area contributed by atoms with E-state index in [-0.39, 0.29) is 5.91 Å². The van der Waals surface area contributed by atoms with E-state index in [2.05, 4.69) is 15.3 Å². The molecule has 4 rings (SSSR count). The van der Waals surface area contributed by atoms with Crippen LogP contribution in [0.2, 0.25) is 0 Å². The molecule has 1 N–H and O–H groups in total. The minimum absolute atomic E-state index is 0.279. The van der Waals surface area contributed by atoms with Crippen LogP contribution in [0.15, 0.2) is 61.1 Å². The monoisotopic (exact) mass is 418 g/mol. The molecule has 0 spiro atoms. The lowest BCUT2D eigenvalue weighted by Crippen LogP contribution is -2.23. The molecule has 0 saturated heterocycles. The molecule has 8 heteroatoms. The average Bonchev–Trinajstić information content (AvgIpc) is 3.27. The van der Waals surface area contributed by atoms with Crippen molar-refractivity contribution in [1.82, 2.24) is 19.7 Å². The highest BCUT2D eigenvalue weighted by Crippen LogP contribution is 2.27. The van der Waals surface area contributed by atoms with Gasteiger partial charge in [-0.15, -0.1) is 0 Å². The highest BCUT2D eigenvalue weighted by molar-refractivity contribution is 5.93. The lowest BCUT2D eigenvalue weighted by molar-refractivity contribution is 0.0946. The first-order valence-corrected chi connectivity index (χ1v) is 9.60. The van der Waals surface area contributed by atoms with Crippen molar-refractivity contribution in [3.63, 3.8) is 0 Å². The van der Waals surface area contributed by atoms with E-state index in [1.54, 1.807) is 50.4 Å². The lowest BCUT2D eigenvalue weighted by atomic mass is 10.1. The van der Waals surface area contributed by atoms with Crippen LogP contribution in [0.5, 0.6) is 17.2 Å². The summed E-state index contributed by atoms with van der Waals surface area (Å²) in [4.78, 5) is 21.7. The van der Waals surface area contributed by atoms with Gasteiger partial charge in [-0.2, -0.15) is 0 Å². The molecule has 0 fully saturated rings. The van der Waals surface area contributed by atoms with Crippen LogP contribution < -0.4 is 19.5 Å². The Morgan fingerprint density at radius 2 is 1.77 bits per heavy atom. The Morgan fingerprint density at radius 1 is 1.00 bits per heavy atom. The number of aromatic nitrogens is 3. The first-order chi connectivity index (χ1) is 15.1. The molecule has 8 nitrogen and oxygen atoms in total. The van der Waals surface area contributed by atoms with E-state index in [0.717, 1.165) is 16.9 Å². The van der Waals surface area contributed by atoms with Crippen molar-refractivity contribution in [2.24, 2.45) is 0 Å². The SMILES string of the molecule is COc1ccc(-c2nccn3cc(C(=O)NCc4ccc(OC)c(OC)c4)nc23)cc1. The number of carbonyl (C=O) groups excluding carboxylic acids is 1. The van der Waals surface area contributed by atoms with Gasteiger partial charge in [0.25, 0.3) is 5.91 Å². The van der Waals surface area contributed by atoms with E-state index in [1.807, 2.05) is 36.4 Å². The van der Waals surface area contributed by atoms with Crippen molar-refractivity contribution >= 4 is 11.6 Å². The summed E-state index contributed by atoms with van der Waals surface area (Å²) in [6, 6.07) is 13.0. The maximum Gasteiger partial charge on any atom is 0.271 e. The number of methoxy groups -OCH3 is 3. The second-order valence-electron chi connectivity index (χ2n) is 6.73. The highest BCUT2D eigenvalue weighted by atomic mass is 16.5. The van der Waals surface area contributed by atoms with Gasteiger partial charge in [0.2, 0.25) is 0 Å². The number of amides is 1. The Hall–Kier alpha value is -4.07. The summed E-state index contributed by atoms with van der Waals surface area (Å²) in [6.45, 7) is 0.330. The molecule has 2 aromatic heterocycles. The summed E-state index contributed by atoms with van der Waals surface area (Å²) in [5.74, 6) is 1.72. The van der Waals surface area contributed by atoms with Gasteiger partial charge in [0.05, 0.1) is 21.3 Å². The molecule has 0 aliphatic rings. The molecule has 4 aromatic rings. The second kappa shape index (κ2) is 8.74. The number of nitrogens with one attached hydrogen (secondary N) is 1. The molecule has 31 heavy (non-hydrogen) atoms. The maximum absolute atomic E-state index is 12.7. The van der Waals surface area contributed by atoms with Crippen LogP contribution in [0.4, 0.5) is 0 Å². The number of benzene rings is 2. The molecule has 2 aromatic carbocycles. The quantitative estimate of drug-likeness (QED) is 0.495. The predicted octanol–water partition coefficient (Wildman–Crippen LogP) is 3.35. The highest BCUT2D eigenvalue weighted by Gasteiger charge is 2.15. The molecular formula is C23H22N4O4. The molecule has 0 unspecified atom stereocenters. The molecule has 0 radical (unpaired) electrons. The Balaban J connectivity index is 1.55. The van der Waals surface area contributed by atoms with Crippen molar-refractivity contribution in [3.8, 4) is 28.5 Å². The second-order valence-corrected chi connectivity index (χ2v) is 6.73. The zero-order valence-electron chi connectivity index (χ0n) is 17.5. The summed E-state index contributed by atoms with van der Waals surface area (Å²) in [6.07, 6.45) is 5.13. The number of nitrogens with zero attached hydrogens (tertiary/aromatic N) is 3. The molecule has 0 aliphatic carbocycles. The Labute approximate surface area is 179 Å². The maximum atomic E-state index is 12.7. The van der Waals surface area contributed by atoms with E-state index in [1.165, 1.54) is 0 Å². The van der Waals surface area contributed by atoms with E-state index in [0.29, 0.717) is 35.1 Å². The van der Waals surface area contributed by atoms with Gasteiger partial charge in [-0.25, -0.2) is 4.98 Å². The standard InChI is InChI=1S/C23H22N4O4/c1-29-17-7-5-16(6-8-17)21-22-26-18(14-27(22)11-10-24-21)23(28)25-13-15-4-9-19(30-2)20(12-15)31-3/h4-12,14H,13H2,1-3H3,(H,25,28). The van der Waals surface area contributed by atoms with Crippen LogP contribution in [-0.2, 0) is 6.54 Å². The van der Waals surface area contributed by atoms with Gasteiger partial charge in [-0.05, 0) is 42.0 Å². The zero-order chi connectivity index (χ0) is 21.8. The van der Waals surface area contributed by atoms with Gasteiger partial charge in [0.1, 0.15) is 17.1 Å². The van der Waals surface area contributed by atoms with Crippen molar-refractivity contribution in [1.29, 1.82) is 0 Å². The fraction of sp³-hybridized carbons (Fsp3) is 0.174. The molecule has 0 atom stereocenters. The van der Waals surface area contributed by atoms with Crippen LogP contribution in [0.1, 0.15) is 16.1 Å². The van der Waals surface area contributed by atoms with Crippen LogP contribution in [0.3, 0.4) is 0 Å². The first kappa shape index (κ1) is 20.2. The molecule has 1 amide bonds. The largest absolute Gasteiger partial charge is 0.497 e. The van der Waals surface area contributed by atoms with Gasteiger partial charge >= 0.3 is 0 Å². The number of ether oxygens (including phenoxy) is 3. The molecular weight excluding hydrogens is 396 g/mol. The number of hydrogen-bond donors (Lipinski definition) is 1. The lowest BCUT2D eigenvalue weighted by Gasteiger charge is -2.10. The fourth-order valence-corrected chi connectivity index (χ4v) is 3.25. The van der Waals surface area contributed by atoms with Crippen LogP contribution in [-0.4, -0.2) is 41.6 Å². The molecule has 0 saturated carbocycles. The van der Waals surface area contributed by atoms with E-state index in [9.17, 15) is 4.79 Å². The smallest absolute Gasteiger partial charge is 0.271 e. The first-order valence-electron chi connectivity index (χ1n) is 9.60. The third kappa shape index (κ3) is 4.13. The molecule has 0 bridgehead atoms. The minimum Gasteiger partial charge on any atom is -0.497 e. The zero-order valence-corrected chi connectivity index (χ0v) is 17.5. The van der Waals surface area contributed by atoms with Gasteiger partial charge < -0.3 is 23.9 Å². The van der Waals surface area contributed by atoms with Crippen molar-refractivity contribution < 1.29 is 19.0 Å². The van der Waals surface area contributed by atoms with Gasteiger partial charge in [-0.1, -0.05) is 6.07 Å². The van der Waals surface area contributed by atoms with E-state index >= 15 is 0 Å². The van der Waals surface area contributed by atoms with Gasteiger partial charge in [0, 0.05) is 30.7 Å². The minimum atomic E-state index is -0.279. The van der Waals surface area contributed by atoms with E-state index < -0.39 is 0 Å². The number of rotatable bonds is 7. The Morgan fingerprint density at radius 3 is 2.48 bits per heavy atom. The number of hydrogen-bond acceptors (Lipinski definition) is 6. The van der Waals surface area contributed by atoms with Crippen molar-refractivity contribution in [2.45, 2.75) is 6.54 Å². The molecule has 0 aliphatic heterocycles. The summed E-state index contributed by atoms with van der Waals surface area (Å²) >= 11 is 0.